The predicted octanol–water partition coefficient (Wildman–Crippen LogP) is 6.18. The van der Waals surface area contributed by atoms with Gasteiger partial charge in [0.1, 0.15) is 0 Å². The van der Waals surface area contributed by atoms with Crippen molar-refractivity contribution in [3.8, 4) is 5.13 Å². The second-order valence-electron chi connectivity index (χ2n) is 6.61. The molecule has 0 saturated carbocycles. The van der Waals surface area contributed by atoms with Crippen molar-refractivity contribution in [1.29, 1.82) is 0 Å². The zero-order valence-corrected chi connectivity index (χ0v) is 18.2. The SMILES string of the molecule is CCCc1[nH]n(-c2nc3ccccc3s2)c(=O)c1C(C)=Nc1ccc(Cl)cc1Cl. The van der Waals surface area contributed by atoms with Gasteiger partial charge in [-0.15, -0.1) is 0 Å². The second kappa shape index (κ2) is 8.14. The molecule has 8 heteroatoms. The number of halogens is 2. The van der Waals surface area contributed by atoms with Crippen molar-refractivity contribution in [3.63, 3.8) is 0 Å². The van der Waals surface area contributed by atoms with Gasteiger partial charge in [0.05, 0.1) is 32.2 Å². The van der Waals surface area contributed by atoms with E-state index < -0.39 is 0 Å². The van der Waals surface area contributed by atoms with Crippen molar-refractivity contribution >= 4 is 56.2 Å². The highest BCUT2D eigenvalue weighted by atomic mass is 35.5. The molecule has 0 atom stereocenters. The van der Waals surface area contributed by atoms with Crippen LogP contribution in [0.4, 0.5) is 5.69 Å². The Morgan fingerprint density at radius 3 is 2.76 bits per heavy atom. The molecule has 0 aliphatic carbocycles. The highest BCUT2D eigenvalue weighted by molar-refractivity contribution is 7.20. The number of hydrogen-bond acceptors (Lipinski definition) is 4. The molecule has 0 fully saturated rings. The Morgan fingerprint density at radius 2 is 2.03 bits per heavy atom. The average molecular weight is 445 g/mol. The average Bonchev–Trinajstić information content (AvgIpc) is 3.25. The molecule has 2 aromatic heterocycles. The number of aryl methyl sites for hydroxylation is 1. The molecule has 4 aromatic rings. The molecule has 0 spiro atoms. The van der Waals surface area contributed by atoms with E-state index in [2.05, 4.69) is 22.0 Å². The molecule has 2 heterocycles. The van der Waals surface area contributed by atoms with Crippen molar-refractivity contribution in [1.82, 2.24) is 14.8 Å². The maximum Gasteiger partial charge on any atom is 0.282 e. The standard InChI is InChI=1S/C21H18Cl2N4OS/c1-3-6-17-19(12(2)24-15-10-9-13(22)11-14(15)23)20(28)27(26-17)21-25-16-7-4-5-8-18(16)29-21/h4-5,7-11,26H,3,6H2,1-2H3. The van der Waals surface area contributed by atoms with Gasteiger partial charge >= 0.3 is 0 Å². The number of hydrogen-bond donors (Lipinski definition) is 1. The number of para-hydroxylation sites is 1. The van der Waals surface area contributed by atoms with E-state index in [1.54, 1.807) is 18.2 Å². The number of rotatable bonds is 5. The zero-order valence-electron chi connectivity index (χ0n) is 15.9. The lowest BCUT2D eigenvalue weighted by Crippen LogP contribution is -2.19. The van der Waals surface area contributed by atoms with Gasteiger partial charge in [0.25, 0.3) is 5.56 Å². The van der Waals surface area contributed by atoms with Crippen LogP contribution in [0.3, 0.4) is 0 Å². The monoisotopic (exact) mass is 444 g/mol. The summed E-state index contributed by atoms with van der Waals surface area (Å²) >= 11 is 13.7. The van der Waals surface area contributed by atoms with Gasteiger partial charge in [-0.1, -0.05) is 60.0 Å². The summed E-state index contributed by atoms with van der Waals surface area (Å²) in [6.07, 6.45) is 1.62. The van der Waals surface area contributed by atoms with E-state index in [4.69, 9.17) is 23.2 Å². The third-order valence-corrected chi connectivity index (χ3v) is 6.06. The van der Waals surface area contributed by atoms with E-state index in [1.165, 1.54) is 16.0 Å². The summed E-state index contributed by atoms with van der Waals surface area (Å²) in [5.41, 5.74) is 3.26. The molecule has 148 valence electrons. The summed E-state index contributed by atoms with van der Waals surface area (Å²) < 4.78 is 2.54. The van der Waals surface area contributed by atoms with E-state index in [0.717, 1.165) is 28.8 Å². The number of benzene rings is 2. The largest absolute Gasteiger partial charge is 0.292 e. The normalized spacial score (nSPS) is 12.1. The van der Waals surface area contributed by atoms with Crippen molar-refractivity contribution in [2.45, 2.75) is 26.7 Å². The lowest BCUT2D eigenvalue weighted by atomic mass is 10.1. The topological polar surface area (TPSA) is 63.0 Å². The van der Waals surface area contributed by atoms with Gasteiger partial charge in [0, 0.05) is 10.7 Å². The molecule has 0 radical (unpaired) electrons. The van der Waals surface area contributed by atoms with Crippen LogP contribution in [-0.4, -0.2) is 20.5 Å². The molecule has 2 aromatic carbocycles. The fourth-order valence-electron chi connectivity index (χ4n) is 3.19. The zero-order chi connectivity index (χ0) is 20.5. The van der Waals surface area contributed by atoms with Crippen LogP contribution in [0.1, 0.15) is 31.5 Å². The third-order valence-electron chi connectivity index (χ3n) is 4.50. The van der Waals surface area contributed by atoms with Crippen LogP contribution in [-0.2, 0) is 6.42 Å². The van der Waals surface area contributed by atoms with Gasteiger partial charge < -0.3 is 0 Å². The molecular formula is C21H18Cl2N4OS. The highest BCUT2D eigenvalue weighted by Crippen LogP contribution is 2.29. The number of nitrogens with zero attached hydrogens (tertiary/aromatic N) is 3. The molecule has 0 bridgehead atoms. The van der Waals surface area contributed by atoms with E-state index in [9.17, 15) is 4.79 Å². The van der Waals surface area contributed by atoms with Crippen molar-refractivity contribution in [2.75, 3.05) is 0 Å². The van der Waals surface area contributed by atoms with Crippen molar-refractivity contribution in [2.24, 2.45) is 4.99 Å². The molecule has 0 unspecified atom stereocenters. The Balaban J connectivity index is 1.84. The Hall–Kier alpha value is -2.41. The Labute approximate surface area is 181 Å². The summed E-state index contributed by atoms with van der Waals surface area (Å²) in [5, 5.41) is 4.82. The van der Waals surface area contributed by atoms with Crippen LogP contribution >= 0.6 is 34.5 Å². The smallest absolute Gasteiger partial charge is 0.282 e. The molecule has 5 nitrogen and oxygen atoms in total. The Bertz CT molecular complexity index is 1250. The summed E-state index contributed by atoms with van der Waals surface area (Å²) in [4.78, 5) is 22.5. The number of aromatic nitrogens is 3. The Morgan fingerprint density at radius 1 is 1.24 bits per heavy atom. The summed E-state index contributed by atoms with van der Waals surface area (Å²) in [7, 11) is 0. The number of H-pyrrole nitrogens is 1. The van der Waals surface area contributed by atoms with Gasteiger partial charge in [-0.05, 0) is 43.7 Å². The van der Waals surface area contributed by atoms with E-state index >= 15 is 0 Å². The Kier molecular flexibility index (Phi) is 5.58. The van der Waals surface area contributed by atoms with Crippen molar-refractivity contribution < 1.29 is 0 Å². The number of aromatic amines is 1. The van der Waals surface area contributed by atoms with Gasteiger partial charge in [-0.2, -0.15) is 4.68 Å². The molecule has 0 aliphatic rings. The number of thiazole rings is 1. The van der Waals surface area contributed by atoms with Crippen LogP contribution in [0.25, 0.3) is 15.3 Å². The van der Waals surface area contributed by atoms with Gasteiger partial charge in [-0.3, -0.25) is 14.9 Å². The molecule has 29 heavy (non-hydrogen) atoms. The summed E-state index contributed by atoms with van der Waals surface area (Å²) in [6.45, 7) is 3.89. The predicted molar refractivity (Wildman–Crippen MR) is 122 cm³/mol. The summed E-state index contributed by atoms with van der Waals surface area (Å²) in [5.74, 6) is 0. The lowest BCUT2D eigenvalue weighted by Gasteiger charge is -2.03. The minimum Gasteiger partial charge on any atom is -0.292 e. The maximum absolute atomic E-state index is 13.3. The van der Waals surface area contributed by atoms with Crippen LogP contribution in [0, 0.1) is 0 Å². The van der Waals surface area contributed by atoms with E-state index in [0.29, 0.717) is 32.1 Å². The molecule has 1 N–H and O–H groups in total. The fraction of sp³-hybridized carbons (Fsp3) is 0.190. The van der Waals surface area contributed by atoms with Crippen LogP contribution in [0.2, 0.25) is 10.0 Å². The van der Waals surface area contributed by atoms with Crippen LogP contribution in [0.15, 0.2) is 52.3 Å². The summed E-state index contributed by atoms with van der Waals surface area (Å²) in [6, 6.07) is 12.9. The van der Waals surface area contributed by atoms with Crippen LogP contribution < -0.4 is 5.56 Å². The first-order valence-electron chi connectivity index (χ1n) is 9.18. The molecular weight excluding hydrogens is 427 g/mol. The van der Waals surface area contributed by atoms with E-state index in [1.807, 2.05) is 31.2 Å². The quantitative estimate of drug-likeness (QED) is 0.373. The maximum atomic E-state index is 13.3. The number of aliphatic imine (C=N–C) groups is 1. The minimum absolute atomic E-state index is 0.168. The fourth-order valence-corrected chi connectivity index (χ4v) is 4.56. The molecule has 4 rings (SSSR count). The third kappa shape index (κ3) is 3.88. The molecule has 0 amide bonds. The van der Waals surface area contributed by atoms with Gasteiger partial charge in [-0.25, -0.2) is 4.98 Å². The first kappa shape index (κ1) is 19.9. The van der Waals surface area contributed by atoms with Crippen LogP contribution in [0.5, 0.6) is 0 Å². The van der Waals surface area contributed by atoms with Gasteiger partial charge in [0.2, 0.25) is 5.13 Å². The first-order chi connectivity index (χ1) is 14.0. The molecule has 0 saturated heterocycles. The van der Waals surface area contributed by atoms with E-state index in [-0.39, 0.29) is 5.56 Å². The first-order valence-corrected chi connectivity index (χ1v) is 10.8. The number of fused-ring (bicyclic) bond motifs is 1. The van der Waals surface area contributed by atoms with Gasteiger partial charge in [0.15, 0.2) is 0 Å². The second-order valence-corrected chi connectivity index (χ2v) is 8.47. The number of nitrogens with one attached hydrogen (secondary N) is 1. The highest BCUT2D eigenvalue weighted by Gasteiger charge is 2.19. The lowest BCUT2D eigenvalue weighted by molar-refractivity contribution is 0.790. The van der Waals surface area contributed by atoms with Crippen molar-refractivity contribution in [3.05, 3.63) is 74.1 Å². The molecule has 0 aliphatic heterocycles. The minimum atomic E-state index is -0.168.